The minimum absolute atomic E-state index is 0.102. The van der Waals surface area contributed by atoms with Crippen molar-refractivity contribution in [2.45, 2.75) is 6.92 Å². The van der Waals surface area contributed by atoms with Crippen molar-refractivity contribution in [3.8, 4) is 17.2 Å². The van der Waals surface area contributed by atoms with E-state index in [1.807, 2.05) is 42.5 Å². The van der Waals surface area contributed by atoms with Crippen molar-refractivity contribution in [3.63, 3.8) is 0 Å². The van der Waals surface area contributed by atoms with Crippen molar-refractivity contribution < 1.29 is 24.2 Å². The molecule has 0 saturated carbocycles. The van der Waals surface area contributed by atoms with Crippen LogP contribution in [0.4, 0.5) is 4.79 Å². The normalized spacial score (nSPS) is 15.1. The summed E-state index contributed by atoms with van der Waals surface area (Å²) in [6, 6.07) is 16.7. The summed E-state index contributed by atoms with van der Waals surface area (Å²) >= 11 is 6.91. The Balaban J connectivity index is 1.46. The minimum Gasteiger partial charge on any atom is -0.503 e. The highest BCUT2D eigenvalue weighted by atomic mass is 35.5. The van der Waals surface area contributed by atoms with E-state index in [9.17, 15) is 14.7 Å². The molecule has 4 rings (SSSR count). The van der Waals surface area contributed by atoms with Crippen LogP contribution in [0.5, 0.6) is 17.2 Å². The number of imide groups is 1. The van der Waals surface area contributed by atoms with Gasteiger partial charge in [0.25, 0.3) is 11.1 Å². The van der Waals surface area contributed by atoms with E-state index in [2.05, 4.69) is 0 Å². The molecule has 2 amide bonds. The molecule has 0 aromatic heterocycles. The number of benzene rings is 3. The average molecular weight is 470 g/mol. The van der Waals surface area contributed by atoms with Crippen LogP contribution in [0, 0.1) is 0 Å². The van der Waals surface area contributed by atoms with E-state index in [1.165, 1.54) is 6.07 Å². The summed E-state index contributed by atoms with van der Waals surface area (Å²) in [6.45, 7) is 2.44. The first-order valence-corrected chi connectivity index (χ1v) is 11.2. The van der Waals surface area contributed by atoms with Crippen LogP contribution in [0.15, 0.2) is 59.5 Å². The Labute approximate surface area is 194 Å². The summed E-state index contributed by atoms with van der Waals surface area (Å²) in [6.07, 6.45) is 1.56. The highest BCUT2D eigenvalue weighted by Crippen LogP contribution is 2.38. The van der Waals surface area contributed by atoms with Gasteiger partial charge in [0.1, 0.15) is 12.4 Å². The molecular formula is C24H20ClNO5S. The lowest BCUT2D eigenvalue weighted by atomic mass is 10.1. The van der Waals surface area contributed by atoms with Crippen LogP contribution < -0.4 is 9.47 Å². The molecule has 0 radical (unpaired) electrons. The van der Waals surface area contributed by atoms with E-state index in [0.717, 1.165) is 27.4 Å². The number of hydrogen-bond acceptors (Lipinski definition) is 6. The van der Waals surface area contributed by atoms with Crippen LogP contribution in [-0.4, -0.2) is 40.9 Å². The van der Waals surface area contributed by atoms with Crippen molar-refractivity contribution in [1.82, 2.24) is 4.90 Å². The van der Waals surface area contributed by atoms with Gasteiger partial charge in [-0.15, -0.1) is 0 Å². The Morgan fingerprint density at radius 2 is 1.84 bits per heavy atom. The molecule has 32 heavy (non-hydrogen) atoms. The molecule has 6 nitrogen and oxygen atoms in total. The number of rotatable bonds is 7. The summed E-state index contributed by atoms with van der Waals surface area (Å²) in [5, 5.41) is 11.7. The molecule has 0 bridgehead atoms. The Morgan fingerprint density at radius 3 is 2.66 bits per heavy atom. The van der Waals surface area contributed by atoms with Crippen molar-refractivity contribution >= 4 is 51.4 Å². The van der Waals surface area contributed by atoms with Gasteiger partial charge in [0.05, 0.1) is 23.1 Å². The Morgan fingerprint density at radius 1 is 1.06 bits per heavy atom. The van der Waals surface area contributed by atoms with E-state index in [1.54, 1.807) is 19.1 Å². The Bertz CT molecular complexity index is 1220. The summed E-state index contributed by atoms with van der Waals surface area (Å²) in [7, 11) is 0. The second-order valence-corrected chi connectivity index (χ2v) is 8.34. The van der Waals surface area contributed by atoms with Gasteiger partial charge in [-0.2, -0.15) is 0 Å². The SMILES string of the molecule is CCOc1cc(/C=C2\SC(=O)N(CCOc3cccc4ccccc34)C2=O)cc(Cl)c1O. The van der Waals surface area contributed by atoms with E-state index < -0.39 is 5.91 Å². The topological polar surface area (TPSA) is 76.1 Å². The standard InChI is InChI=1S/C24H20ClNO5S/c1-2-30-20-13-15(12-18(25)22(20)27)14-21-23(28)26(24(29)32-21)10-11-31-19-9-5-7-16-6-3-4-8-17(16)19/h3-9,12-14,27H,2,10-11H2,1H3/b21-14-. The van der Waals surface area contributed by atoms with E-state index in [-0.39, 0.29) is 39.8 Å². The molecule has 1 aliphatic rings. The summed E-state index contributed by atoms with van der Waals surface area (Å²) in [4.78, 5) is 26.6. The number of carbonyl (C=O) groups excluding carboxylic acids is 2. The molecule has 0 unspecified atom stereocenters. The number of halogens is 1. The number of amides is 2. The molecule has 1 saturated heterocycles. The zero-order valence-corrected chi connectivity index (χ0v) is 18.8. The summed E-state index contributed by atoms with van der Waals surface area (Å²) in [5.41, 5.74) is 0.550. The lowest BCUT2D eigenvalue weighted by molar-refractivity contribution is -0.123. The van der Waals surface area contributed by atoms with E-state index in [0.29, 0.717) is 17.9 Å². The second kappa shape index (κ2) is 9.54. The van der Waals surface area contributed by atoms with Gasteiger partial charge in [-0.1, -0.05) is 48.0 Å². The molecule has 1 heterocycles. The van der Waals surface area contributed by atoms with Gasteiger partial charge in [-0.3, -0.25) is 14.5 Å². The summed E-state index contributed by atoms with van der Waals surface area (Å²) in [5.74, 6) is 0.356. The third-order valence-electron chi connectivity index (χ3n) is 4.84. The first kappa shape index (κ1) is 22.0. The van der Waals surface area contributed by atoms with E-state index in [4.69, 9.17) is 21.1 Å². The Hall–Kier alpha value is -3.16. The maximum absolute atomic E-state index is 12.8. The average Bonchev–Trinajstić information content (AvgIpc) is 3.04. The van der Waals surface area contributed by atoms with Gasteiger partial charge in [0.2, 0.25) is 0 Å². The van der Waals surface area contributed by atoms with Crippen molar-refractivity contribution in [3.05, 3.63) is 70.1 Å². The van der Waals surface area contributed by atoms with Gasteiger partial charge >= 0.3 is 0 Å². The quantitative estimate of drug-likeness (QED) is 0.446. The molecule has 0 aliphatic carbocycles. The molecule has 3 aromatic carbocycles. The van der Waals surface area contributed by atoms with Crippen LogP contribution in [0.25, 0.3) is 16.8 Å². The van der Waals surface area contributed by atoms with Crippen LogP contribution >= 0.6 is 23.4 Å². The number of ether oxygens (including phenoxy) is 2. The lowest BCUT2D eigenvalue weighted by Gasteiger charge is -2.14. The fourth-order valence-corrected chi connectivity index (χ4v) is 4.44. The molecule has 1 N–H and O–H groups in total. The predicted molar refractivity (Wildman–Crippen MR) is 126 cm³/mol. The number of phenols is 1. The maximum atomic E-state index is 12.8. The fourth-order valence-electron chi connectivity index (χ4n) is 3.36. The molecule has 0 atom stereocenters. The van der Waals surface area contributed by atoms with Gasteiger partial charge in [0.15, 0.2) is 11.5 Å². The second-order valence-electron chi connectivity index (χ2n) is 6.94. The van der Waals surface area contributed by atoms with E-state index >= 15 is 0 Å². The number of thioether (sulfide) groups is 1. The Kier molecular flexibility index (Phi) is 6.58. The van der Waals surface area contributed by atoms with Crippen LogP contribution in [0.1, 0.15) is 12.5 Å². The van der Waals surface area contributed by atoms with Crippen LogP contribution in [0.3, 0.4) is 0 Å². The van der Waals surface area contributed by atoms with Gasteiger partial charge in [-0.25, -0.2) is 0 Å². The number of hydrogen-bond donors (Lipinski definition) is 1. The highest BCUT2D eigenvalue weighted by molar-refractivity contribution is 8.18. The number of carbonyl (C=O) groups is 2. The first-order chi connectivity index (χ1) is 15.5. The van der Waals surface area contributed by atoms with Gasteiger partial charge < -0.3 is 14.6 Å². The molecule has 3 aromatic rings. The lowest BCUT2D eigenvalue weighted by Crippen LogP contribution is -2.32. The molecule has 8 heteroatoms. The highest BCUT2D eigenvalue weighted by Gasteiger charge is 2.35. The smallest absolute Gasteiger partial charge is 0.293 e. The molecule has 164 valence electrons. The fraction of sp³-hybridized carbons (Fsp3) is 0.167. The zero-order valence-electron chi connectivity index (χ0n) is 17.2. The van der Waals surface area contributed by atoms with Gasteiger partial charge in [0, 0.05) is 5.39 Å². The van der Waals surface area contributed by atoms with Gasteiger partial charge in [-0.05, 0) is 53.9 Å². The number of nitrogens with zero attached hydrogens (tertiary/aromatic N) is 1. The minimum atomic E-state index is -0.399. The van der Waals surface area contributed by atoms with Crippen LogP contribution in [0.2, 0.25) is 5.02 Å². The van der Waals surface area contributed by atoms with Crippen molar-refractivity contribution in [2.75, 3.05) is 19.8 Å². The van der Waals surface area contributed by atoms with Crippen molar-refractivity contribution in [1.29, 1.82) is 0 Å². The van der Waals surface area contributed by atoms with Crippen LogP contribution in [-0.2, 0) is 4.79 Å². The molecule has 1 fully saturated rings. The summed E-state index contributed by atoms with van der Waals surface area (Å²) < 4.78 is 11.2. The molecule has 0 spiro atoms. The number of aromatic hydroxyl groups is 1. The maximum Gasteiger partial charge on any atom is 0.293 e. The monoisotopic (exact) mass is 469 g/mol. The molecular weight excluding hydrogens is 450 g/mol. The largest absolute Gasteiger partial charge is 0.503 e. The third-order valence-corrected chi connectivity index (χ3v) is 6.04. The number of phenolic OH excluding ortho intramolecular Hbond substituents is 1. The number of fused-ring (bicyclic) bond motifs is 1. The van der Waals surface area contributed by atoms with Crippen molar-refractivity contribution in [2.24, 2.45) is 0 Å². The predicted octanol–water partition coefficient (Wildman–Crippen LogP) is 5.71. The molecule has 1 aliphatic heterocycles. The third kappa shape index (κ3) is 4.54. The first-order valence-electron chi connectivity index (χ1n) is 9.99. The zero-order chi connectivity index (χ0) is 22.7.